The number of unbranched alkanes of at least 4 members (excludes halogenated alkanes) is 23. The fourth-order valence-electron chi connectivity index (χ4n) is 6.08. The van der Waals surface area contributed by atoms with Gasteiger partial charge in [-0.1, -0.05) is 172 Å². The number of aliphatic hydroxyl groups is 2. The molecule has 6 heteroatoms. The van der Waals surface area contributed by atoms with Crippen LogP contribution in [0.4, 0.5) is 0 Å². The first-order valence-corrected chi connectivity index (χ1v) is 21.3. The molecule has 0 aromatic carbocycles. The average Bonchev–Trinajstić information content (AvgIpc) is 3.11. The molecule has 0 aliphatic heterocycles. The highest BCUT2D eigenvalue weighted by Crippen LogP contribution is 2.14. The number of rotatable bonds is 38. The summed E-state index contributed by atoms with van der Waals surface area (Å²) < 4.78 is 5.42. The number of aliphatic hydroxyl groups excluding tert-OH is 2. The lowest BCUT2D eigenvalue weighted by Gasteiger charge is -2.20. The van der Waals surface area contributed by atoms with Crippen molar-refractivity contribution in [3.63, 3.8) is 0 Å². The maximum absolute atomic E-state index is 12.3. The van der Waals surface area contributed by atoms with Crippen molar-refractivity contribution >= 4 is 11.9 Å². The van der Waals surface area contributed by atoms with Crippen LogP contribution in [0.1, 0.15) is 206 Å². The highest BCUT2D eigenvalue weighted by atomic mass is 16.5. The molecule has 2 unspecified atom stereocenters. The second-order valence-electron chi connectivity index (χ2n) is 14.3. The van der Waals surface area contributed by atoms with Crippen LogP contribution in [-0.2, 0) is 14.3 Å². The Morgan fingerprint density at radius 3 is 1.60 bits per heavy atom. The highest BCUT2D eigenvalue weighted by molar-refractivity contribution is 5.76. The molecule has 6 nitrogen and oxygen atoms in total. The number of amides is 1. The summed E-state index contributed by atoms with van der Waals surface area (Å²) in [5.41, 5.74) is 0. The van der Waals surface area contributed by atoms with Crippen LogP contribution in [0.3, 0.4) is 0 Å². The Morgan fingerprint density at radius 1 is 0.560 bits per heavy atom. The van der Waals surface area contributed by atoms with E-state index in [2.05, 4.69) is 43.5 Å². The van der Waals surface area contributed by atoms with Crippen LogP contribution in [0.2, 0.25) is 0 Å². The van der Waals surface area contributed by atoms with Crippen molar-refractivity contribution < 1.29 is 24.5 Å². The molecule has 0 spiro atoms. The minimum Gasteiger partial charge on any atom is -0.466 e. The van der Waals surface area contributed by atoms with E-state index in [0.29, 0.717) is 19.4 Å². The van der Waals surface area contributed by atoms with Crippen LogP contribution >= 0.6 is 0 Å². The number of allylic oxidation sites excluding steroid dienone is 5. The van der Waals surface area contributed by atoms with Crippen LogP contribution in [0.5, 0.6) is 0 Å². The molecule has 2 atom stereocenters. The largest absolute Gasteiger partial charge is 0.466 e. The first-order valence-electron chi connectivity index (χ1n) is 21.3. The van der Waals surface area contributed by atoms with Crippen molar-refractivity contribution in [2.24, 2.45) is 0 Å². The van der Waals surface area contributed by atoms with E-state index in [1.165, 1.54) is 109 Å². The molecule has 0 radical (unpaired) electrons. The van der Waals surface area contributed by atoms with Crippen LogP contribution in [0.15, 0.2) is 36.5 Å². The molecule has 0 aromatic heterocycles. The van der Waals surface area contributed by atoms with Gasteiger partial charge in [0, 0.05) is 12.8 Å². The summed E-state index contributed by atoms with van der Waals surface area (Å²) in [4.78, 5) is 24.3. The molecule has 0 fully saturated rings. The van der Waals surface area contributed by atoms with E-state index in [1.54, 1.807) is 6.08 Å². The van der Waals surface area contributed by atoms with Gasteiger partial charge in [0.05, 0.1) is 25.4 Å². The SMILES string of the molecule is CCC/C=C\C/C=C\CCCCCCCC(=O)OCCCCCCCCCCCCCC(=O)NC(CO)C(O)/C=C/CCCCCCCCC. The van der Waals surface area contributed by atoms with Crippen molar-refractivity contribution in [2.75, 3.05) is 13.2 Å². The molecule has 0 saturated carbocycles. The Bertz CT molecular complexity index is 823. The summed E-state index contributed by atoms with van der Waals surface area (Å²) in [5.74, 6) is -0.125. The zero-order chi connectivity index (χ0) is 36.6. The topological polar surface area (TPSA) is 95.9 Å². The molecule has 0 aliphatic carbocycles. The van der Waals surface area contributed by atoms with Gasteiger partial charge in [-0.15, -0.1) is 0 Å². The zero-order valence-corrected chi connectivity index (χ0v) is 32.9. The molecule has 3 N–H and O–H groups in total. The number of carbonyl (C=O) groups excluding carboxylic acids is 2. The second kappa shape index (κ2) is 39.9. The van der Waals surface area contributed by atoms with Crippen LogP contribution < -0.4 is 5.32 Å². The van der Waals surface area contributed by atoms with Crippen molar-refractivity contribution in [1.82, 2.24) is 5.32 Å². The Balaban J connectivity index is 3.51. The van der Waals surface area contributed by atoms with Crippen LogP contribution in [0.25, 0.3) is 0 Å². The van der Waals surface area contributed by atoms with E-state index < -0.39 is 12.1 Å². The predicted octanol–water partition coefficient (Wildman–Crippen LogP) is 11.8. The molecule has 0 bridgehead atoms. The second-order valence-corrected chi connectivity index (χ2v) is 14.3. The minimum absolute atomic E-state index is 0.0325. The average molecular weight is 704 g/mol. The smallest absolute Gasteiger partial charge is 0.305 e. The summed E-state index contributed by atoms with van der Waals surface area (Å²) in [6, 6.07) is -0.640. The third kappa shape index (κ3) is 35.9. The van der Waals surface area contributed by atoms with E-state index in [4.69, 9.17) is 4.74 Å². The van der Waals surface area contributed by atoms with E-state index in [0.717, 1.165) is 70.6 Å². The third-order valence-corrected chi connectivity index (χ3v) is 9.39. The fourth-order valence-corrected chi connectivity index (χ4v) is 6.08. The molecule has 0 saturated heterocycles. The standard InChI is InChI=1S/C44H81NO5/c1-3-5-7-9-11-13-14-15-18-22-26-30-34-38-44(49)50-39-35-31-27-23-19-16-17-21-25-29-33-37-43(48)45-41(40-46)42(47)36-32-28-24-20-12-10-8-6-4-2/h7,9,13-14,32,36,41-42,46-47H,3-6,8,10-12,15-31,33-35,37-40H2,1-2H3,(H,45,48)/b9-7-,14-13-,36-32+. The Labute approximate surface area is 309 Å². The van der Waals surface area contributed by atoms with Crippen LogP contribution in [-0.4, -0.2) is 47.4 Å². The van der Waals surface area contributed by atoms with Gasteiger partial charge < -0.3 is 20.3 Å². The molecular formula is C44H81NO5. The van der Waals surface area contributed by atoms with Crippen LogP contribution in [0, 0.1) is 0 Å². The maximum Gasteiger partial charge on any atom is 0.305 e. The number of carbonyl (C=O) groups is 2. The van der Waals surface area contributed by atoms with Gasteiger partial charge in [-0.3, -0.25) is 9.59 Å². The van der Waals surface area contributed by atoms with Crippen molar-refractivity contribution in [2.45, 2.75) is 219 Å². The summed E-state index contributed by atoms with van der Waals surface area (Å²) in [6.45, 7) is 4.73. The molecular weight excluding hydrogens is 622 g/mol. The van der Waals surface area contributed by atoms with Crippen molar-refractivity contribution in [1.29, 1.82) is 0 Å². The summed E-state index contributed by atoms with van der Waals surface area (Å²) >= 11 is 0. The number of nitrogens with one attached hydrogen (secondary N) is 1. The van der Waals surface area contributed by atoms with Gasteiger partial charge in [0.1, 0.15) is 0 Å². The molecule has 1 amide bonds. The van der Waals surface area contributed by atoms with Crippen molar-refractivity contribution in [3.05, 3.63) is 36.5 Å². The number of hydrogen-bond acceptors (Lipinski definition) is 5. The molecule has 292 valence electrons. The Morgan fingerprint density at radius 2 is 1.04 bits per heavy atom. The van der Waals surface area contributed by atoms with E-state index in [1.807, 2.05) is 6.08 Å². The minimum atomic E-state index is -0.855. The first-order chi connectivity index (χ1) is 24.5. The predicted molar refractivity (Wildman–Crippen MR) is 213 cm³/mol. The summed E-state index contributed by atoms with van der Waals surface area (Å²) in [6.07, 6.45) is 45.5. The molecule has 0 rings (SSSR count). The fraction of sp³-hybridized carbons (Fsp3) is 0.818. The lowest BCUT2D eigenvalue weighted by Crippen LogP contribution is -2.45. The molecule has 50 heavy (non-hydrogen) atoms. The first kappa shape index (κ1) is 48.1. The summed E-state index contributed by atoms with van der Waals surface area (Å²) in [5, 5.41) is 22.8. The maximum atomic E-state index is 12.3. The Hall–Kier alpha value is -1.92. The van der Waals surface area contributed by atoms with Crippen molar-refractivity contribution in [3.8, 4) is 0 Å². The van der Waals surface area contributed by atoms with Gasteiger partial charge in [0.2, 0.25) is 5.91 Å². The lowest BCUT2D eigenvalue weighted by atomic mass is 10.0. The molecule has 0 aromatic rings. The lowest BCUT2D eigenvalue weighted by molar-refractivity contribution is -0.143. The monoisotopic (exact) mass is 704 g/mol. The quantitative estimate of drug-likeness (QED) is 0.0338. The van der Waals surface area contributed by atoms with Gasteiger partial charge in [-0.2, -0.15) is 0 Å². The van der Waals surface area contributed by atoms with Gasteiger partial charge in [0.15, 0.2) is 0 Å². The third-order valence-electron chi connectivity index (χ3n) is 9.39. The Kier molecular flexibility index (Phi) is 38.3. The molecule has 0 heterocycles. The van der Waals surface area contributed by atoms with E-state index in [9.17, 15) is 19.8 Å². The number of ether oxygens (including phenoxy) is 1. The summed E-state index contributed by atoms with van der Waals surface area (Å²) in [7, 11) is 0. The zero-order valence-electron chi connectivity index (χ0n) is 32.9. The number of esters is 1. The van der Waals surface area contributed by atoms with Gasteiger partial charge in [-0.05, 0) is 57.8 Å². The highest BCUT2D eigenvalue weighted by Gasteiger charge is 2.18. The van der Waals surface area contributed by atoms with Gasteiger partial charge in [-0.25, -0.2) is 0 Å². The van der Waals surface area contributed by atoms with Gasteiger partial charge >= 0.3 is 5.97 Å². The van der Waals surface area contributed by atoms with Gasteiger partial charge in [0.25, 0.3) is 0 Å². The molecule has 0 aliphatic rings. The number of hydrogen-bond donors (Lipinski definition) is 3. The van der Waals surface area contributed by atoms with E-state index in [-0.39, 0.29) is 18.5 Å². The normalized spacial score (nSPS) is 13.1. The van der Waals surface area contributed by atoms with E-state index >= 15 is 0 Å².